The van der Waals surface area contributed by atoms with Crippen LogP contribution in [0, 0.1) is 0 Å². The third-order valence-electron chi connectivity index (χ3n) is 4.75. The zero-order valence-corrected chi connectivity index (χ0v) is 15.7. The van der Waals surface area contributed by atoms with E-state index < -0.39 is 0 Å². The van der Waals surface area contributed by atoms with Crippen molar-refractivity contribution in [2.24, 2.45) is 0 Å². The number of hydrogen-bond acceptors (Lipinski definition) is 2. The second-order valence-electron chi connectivity index (χ2n) is 6.50. The molecule has 1 unspecified atom stereocenters. The van der Waals surface area contributed by atoms with Gasteiger partial charge >= 0.3 is 0 Å². The Labute approximate surface area is 161 Å². The van der Waals surface area contributed by atoms with Crippen LogP contribution < -0.4 is 4.74 Å². The lowest BCUT2D eigenvalue weighted by molar-refractivity contribution is 0.201. The Morgan fingerprint density at radius 3 is 2.56 bits per heavy atom. The second-order valence-corrected chi connectivity index (χ2v) is 6.50. The molecular weight excluding hydrogens is 332 g/mol. The molecule has 0 amide bonds. The summed E-state index contributed by atoms with van der Waals surface area (Å²) in [5, 5.41) is 8.96. The van der Waals surface area contributed by atoms with Crippen LogP contribution in [-0.2, 0) is 11.8 Å². The molecule has 0 bridgehead atoms. The fraction of sp³-hybridized carbons (Fsp3) is 0.200. The lowest BCUT2D eigenvalue weighted by atomic mass is 9.71. The number of fused-ring (bicyclic) bond motifs is 1. The van der Waals surface area contributed by atoms with Gasteiger partial charge in [-0.15, -0.1) is 0 Å². The van der Waals surface area contributed by atoms with Crippen LogP contribution >= 0.6 is 0 Å². The third kappa shape index (κ3) is 4.29. The second kappa shape index (κ2) is 9.20. The molecule has 2 aromatic rings. The van der Waals surface area contributed by atoms with Crippen LogP contribution in [0.5, 0.6) is 5.75 Å². The van der Waals surface area contributed by atoms with E-state index in [0.717, 1.165) is 12.2 Å². The molecule has 0 heterocycles. The molecule has 0 spiro atoms. The summed E-state index contributed by atoms with van der Waals surface area (Å²) >= 11 is 0. The Balaban J connectivity index is 2.15. The van der Waals surface area contributed by atoms with Gasteiger partial charge in [0.25, 0.3) is 0 Å². The molecule has 0 aliphatic heterocycles. The van der Waals surface area contributed by atoms with E-state index in [1.807, 2.05) is 12.1 Å². The van der Waals surface area contributed by atoms with Gasteiger partial charge in [0.1, 0.15) is 12.4 Å². The summed E-state index contributed by atoms with van der Waals surface area (Å²) in [6.45, 7) is 2.38. The maximum Gasteiger partial charge on any atom is 0.119 e. The summed E-state index contributed by atoms with van der Waals surface area (Å²) in [5.41, 5.74) is 3.42. The minimum Gasteiger partial charge on any atom is -0.491 e. The molecule has 0 saturated heterocycles. The van der Waals surface area contributed by atoms with Gasteiger partial charge in [0.05, 0.1) is 12.0 Å². The number of hydrogen-bond donors (Lipinski definition) is 1. The molecule has 1 N–H and O–H groups in total. The van der Waals surface area contributed by atoms with Gasteiger partial charge in [0.15, 0.2) is 0 Å². The highest BCUT2D eigenvalue weighted by Crippen LogP contribution is 2.39. The van der Waals surface area contributed by atoms with Crippen LogP contribution in [0.3, 0.4) is 0 Å². The molecule has 1 atom stereocenters. The largest absolute Gasteiger partial charge is 0.491 e. The Bertz CT molecular complexity index is 856. The molecule has 0 radical (unpaired) electrons. The molecule has 1 aliphatic carbocycles. The molecule has 27 heavy (non-hydrogen) atoms. The fourth-order valence-corrected chi connectivity index (χ4v) is 3.55. The van der Waals surface area contributed by atoms with Crippen molar-refractivity contribution in [2.75, 3.05) is 13.2 Å². The SMILES string of the molecule is C/C=C/C1(c2ccc(OCCO)cc2)/C=C/C=C\C=C\Cc2ccccc21. The lowest BCUT2D eigenvalue weighted by Gasteiger charge is -2.31. The molecule has 2 aromatic carbocycles. The summed E-state index contributed by atoms with van der Waals surface area (Å²) in [4.78, 5) is 0. The van der Waals surface area contributed by atoms with Crippen molar-refractivity contribution in [3.05, 3.63) is 114 Å². The van der Waals surface area contributed by atoms with Crippen LogP contribution in [0.25, 0.3) is 0 Å². The standard InChI is InChI=1S/C25H26O2/c1-2-17-25(22-13-15-23(16-14-22)27-20-19-26)18-9-5-3-4-6-10-21-11-7-8-12-24(21)25/h2-9,11-18,26H,10,19-20H2,1H3/b5-3-,6-4+,17-2+,18-9+. The van der Waals surface area contributed by atoms with Crippen LogP contribution in [0.15, 0.2) is 97.1 Å². The zero-order valence-electron chi connectivity index (χ0n) is 15.7. The van der Waals surface area contributed by atoms with E-state index >= 15 is 0 Å². The van der Waals surface area contributed by atoms with Gasteiger partial charge in [-0.1, -0.05) is 85.0 Å². The Morgan fingerprint density at radius 2 is 1.78 bits per heavy atom. The van der Waals surface area contributed by atoms with Crippen molar-refractivity contribution in [1.29, 1.82) is 0 Å². The number of aliphatic hydroxyl groups is 1. The van der Waals surface area contributed by atoms with E-state index in [9.17, 15) is 0 Å². The molecule has 2 heteroatoms. The topological polar surface area (TPSA) is 29.5 Å². The Hall–Kier alpha value is -2.84. The number of ether oxygens (including phenoxy) is 1. The van der Waals surface area contributed by atoms with E-state index in [-0.39, 0.29) is 12.0 Å². The summed E-state index contributed by atoms with van der Waals surface area (Å²) in [6.07, 6.45) is 18.1. The smallest absolute Gasteiger partial charge is 0.119 e. The first-order chi connectivity index (χ1) is 13.3. The maximum absolute atomic E-state index is 8.96. The van der Waals surface area contributed by atoms with Crippen molar-refractivity contribution in [2.45, 2.75) is 18.8 Å². The number of allylic oxidation sites excluding steroid dienone is 8. The van der Waals surface area contributed by atoms with Gasteiger partial charge < -0.3 is 9.84 Å². The van der Waals surface area contributed by atoms with Crippen LogP contribution in [0.1, 0.15) is 23.6 Å². The lowest BCUT2D eigenvalue weighted by Crippen LogP contribution is -2.24. The average molecular weight is 358 g/mol. The van der Waals surface area contributed by atoms with Crippen LogP contribution in [-0.4, -0.2) is 18.3 Å². The van der Waals surface area contributed by atoms with E-state index in [4.69, 9.17) is 9.84 Å². The number of rotatable bonds is 5. The number of benzene rings is 2. The Kier molecular flexibility index (Phi) is 6.45. The van der Waals surface area contributed by atoms with Crippen molar-refractivity contribution in [3.63, 3.8) is 0 Å². The first-order valence-electron chi connectivity index (χ1n) is 9.37. The molecule has 2 nitrogen and oxygen atoms in total. The van der Waals surface area contributed by atoms with Gasteiger partial charge in [-0.25, -0.2) is 0 Å². The maximum atomic E-state index is 8.96. The molecular formula is C25H26O2. The van der Waals surface area contributed by atoms with Gasteiger partial charge in [-0.05, 0) is 42.2 Å². The predicted octanol–water partition coefficient (Wildman–Crippen LogP) is 5.14. The Morgan fingerprint density at radius 1 is 1.00 bits per heavy atom. The average Bonchev–Trinajstić information content (AvgIpc) is 2.71. The predicted molar refractivity (Wildman–Crippen MR) is 112 cm³/mol. The normalized spacial score (nSPS) is 22.7. The van der Waals surface area contributed by atoms with E-state index in [1.165, 1.54) is 16.7 Å². The third-order valence-corrected chi connectivity index (χ3v) is 4.75. The van der Waals surface area contributed by atoms with Gasteiger partial charge in [-0.2, -0.15) is 0 Å². The minimum absolute atomic E-state index is 0.0141. The summed E-state index contributed by atoms with van der Waals surface area (Å²) in [6, 6.07) is 16.8. The molecule has 0 saturated carbocycles. The highest BCUT2D eigenvalue weighted by Gasteiger charge is 2.30. The molecule has 1 aliphatic rings. The highest BCUT2D eigenvalue weighted by atomic mass is 16.5. The summed E-state index contributed by atoms with van der Waals surface area (Å²) in [7, 11) is 0. The molecule has 3 rings (SSSR count). The summed E-state index contributed by atoms with van der Waals surface area (Å²) < 4.78 is 5.53. The van der Waals surface area contributed by atoms with Gasteiger partial charge in [0.2, 0.25) is 0 Å². The first kappa shape index (κ1) is 18.9. The van der Waals surface area contributed by atoms with E-state index in [1.54, 1.807) is 0 Å². The monoisotopic (exact) mass is 358 g/mol. The van der Waals surface area contributed by atoms with Gasteiger partial charge in [0, 0.05) is 0 Å². The van der Waals surface area contributed by atoms with Crippen molar-refractivity contribution in [3.8, 4) is 5.75 Å². The van der Waals surface area contributed by atoms with E-state index in [0.29, 0.717) is 6.61 Å². The first-order valence-corrected chi connectivity index (χ1v) is 9.37. The van der Waals surface area contributed by atoms with Crippen molar-refractivity contribution in [1.82, 2.24) is 0 Å². The van der Waals surface area contributed by atoms with Crippen LogP contribution in [0.4, 0.5) is 0 Å². The molecule has 0 aromatic heterocycles. The van der Waals surface area contributed by atoms with Crippen molar-refractivity contribution < 1.29 is 9.84 Å². The zero-order chi connectivity index (χ0) is 19.0. The van der Waals surface area contributed by atoms with Gasteiger partial charge in [-0.3, -0.25) is 0 Å². The molecule has 0 fully saturated rings. The highest BCUT2D eigenvalue weighted by molar-refractivity contribution is 5.54. The fourth-order valence-electron chi connectivity index (χ4n) is 3.55. The van der Waals surface area contributed by atoms with E-state index in [2.05, 4.69) is 91.9 Å². The molecule has 138 valence electrons. The number of aliphatic hydroxyl groups excluding tert-OH is 1. The minimum atomic E-state index is -0.351. The van der Waals surface area contributed by atoms with Crippen molar-refractivity contribution >= 4 is 0 Å². The van der Waals surface area contributed by atoms with Crippen LogP contribution in [0.2, 0.25) is 0 Å². The quantitative estimate of drug-likeness (QED) is 0.750. The summed E-state index contributed by atoms with van der Waals surface area (Å²) in [5.74, 6) is 0.767.